The van der Waals surface area contributed by atoms with E-state index < -0.39 is 140 Å². The third-order valence-corrected chi connectivity index (χ3v) is 12.9. The molecule has 31 heteroatoms. The number of aliphatic hydroxyl groups is 2. The van der Waals surface area contributed by atoms with Crippen LogP contribution in [-0.2, 0) is 60.8 Å². The van der Waals surface area contributed by atoms with Crippen molar-refractivity contribution in [3.63, 3.8) is 0 Å². The Morgan fingerprint density at radius 1 is 0.598 bits per heavy atom. The molecule has 0 unspecified atom stereocenters. The molecule has 1 aliphatic heterocycles. The number of rotatable bonds is 34. The molecule has 4 rings (SSSR count). The van der Waals surface area contributed by atoms with Gasteiger partial charge in [-0.05, 0) is 87.7 Å². The molecule has 2 heterocycles. The predicted molar refractivity (Wildman–Crippen MR) is 294 cm³/mol. The van der Waals surface area contributed by atoms with Crippen molar-refractivity contribution in [1.29, 1.82) is 0 Å². The van der Waals surface area contributed by atoms with Crippen LogP contribution < -0.4 is 70.8 Å². The van der Waals surface area contributed by atoms with Crippen LogP contribution in [0.4, 0.5) is 0 Å². The van der Waals surface area contributed by atoms with E-state index in [1.54, 1.807) is 30.5 Å². The molecular weight excluding hydrogens is 1080 g/mol. The SMILES string of the molecule is C[C@H](NC(=O)[C@H](CCCN=C(N)N)NC(=O)[C@H](CCC(=O)O)NC(=O)[C@H](Cc1ccc(O)cc1)NC(=O)[C@H](Cc1c[nH]c2ccccc12)NC(=O)[C@H](CO)NC(=O)[C@H](CO)NC(=O)[C@H](CCCN=C(N)N)NC(=O)[C@@H]1CCCN1)C(=O)O. The second-order valence-corrected chi connectivity index (χ2v) is 19.3. The number of benzene rings is 2. The van der Waals surface area contributed by atoms with Crippen molar-refractivity contribution in [2.45, 2.75) is 126 Å². The number of carbonyl (C=O) groups excluding carboxylic acids is 8. The fourth-order valence-corrected chi connectivity index (χ4v) is 8.47. The number of para-hydroxylation sites is 1. The summed E-state index contributed by atoms with van der Waals surface area (Å²) < 4.78 is 0. The highest BCUT2D eigenvalue weighted by Crippen LogP contribution is 2.20. The van der Waals surface area contributed by atoms with E-state index in [2.05, 4.69) is 62.8 Å². The number of aromatic nitrogens is 1. The summed E-state index contributed by atoms with van der Waals surface area (Å²) in [5.41, 5.74) is 23.1. The third kappa shape index (κ3) is 21.5. The van der Waals surface area contributed by atoms with E-state index in [1.807, 2.05) is 0 Å². The summed E-state index contributed by atoms with van der Waals surface area (Å²) >= 11 is 0. The monoisotopic (exact) mass is 1150 g/mol. The van der Waals surface area contributed by atoms with Gasteiger partial charge in [0.15, 0.2) is 11.9 Å². The van der Waals surface area contributed by atoms with Gasteiger partial charge in [-0.3, -0.25) is 57.9 Å². The van der Waals surface area contributed by atoms with E-state index in [0.717, 1.165) is 6.42 Å². The Morgan fingerprint density at radius 2 is 1.06 bits per heavy atom. The molecule has 23 N–H and O–H groups in total. The molecule has 1 aromatic heterocycles. The van der Waals surface area contributed by atoms with Crippen LogP contribution in [0.1, 0.15) is 69.4 Å². The maximum Gasteiger partial charge on any atom is 0.325 e. The van der Waals surface area contributed by atoms with Crippen molar-refractivity contribution in [1.82, 2.24) is 52.8 Å². The highest BCUT2D eigenvalue weighted by atomic mass is 16.4. The summed E-state index contributed by atoms with van der Waals surface area (Å²) in [6.07, 6.45) is 0.989. The van der Waals surface area contributed by atoms with Crippen molar-refractivity contribution in [3.05, 3.63) is 65.9 Å². The Bertz CT molecular complexity index is 2760. The number of aliphatic carboxylic acids is 2. The average molecular weight is 1150 g/mol. The first-order valence-corrected chi connectivity index (χ1v) is 26.3. The van der Waals surface area contributed by atoms with Crippen LogP contribution in [0.5, 0.6) is 5.75 Å². The number of amides is 8. The number of nitrogens with two attached hydrogens (primary N) is 4. The molecule has 0 spiro atoms. The Balaban J connectivity index is 1.63. The van der Waals surface area contributed by atoms with Crippen molar-refractivity contribution in [2.24, 2.45) is 32.9 Å². The number of carboxylic acid groups (broad SMARTS) is 2. The van der Waals surface area contributed by atoms with Gasteiger partial charge in [0.05, 0.1) is 19.3 Å². The maximum atomic E-state index is 14.7. The van der Waals surface area contributed by atoms with Gasteiger partial charge < -0.3 is 101 Å². The van der Waals surface area contributed by atoms with Crippen LogP contribution in [0.25, 0.3) is 10.9 Å². The number of phenols is 1. The minimum Gasteiger partial charge on any atom is -0.508 e. The van der Waals surface area contributed by atoms with Crippen molar-refractivity contribution in [3.8, 4) is 5.75 Å². The van der Waals surface area contributed by atoms with E-state index in [9.17, 15) is 73.5 Å². The topological polar surface area (TPSA) is 525 Å². The Kier molecular flexibility index (Phi) is 26.2. The first kappa shape index (κ1) is 65.4. The fraction of sp³-hybridized carbons (Fsp3) is 0.490. The normalized spacial score (nSPS) is 15.7. The number of aliphatic hydroxyl groups excluding tert-OH is 2. The first-order chi connectivity index (χ1) is 39.0. The summed E-state index contributed by atoms with van der Waals surface area (Å²) in [6, 6.07) is -0.985. The van der Waals surface area contributed by atoms with Gasteiger partial charge in [0.2, 0.25) is 47.3 Å². The molecular formula is C51H74N16O15. The van der Waals surface area contributed by atoms with Gasteiger partial charge >= 0.3 is 11.9 Å². The number of H-pyrrole nitrogens is 1. The highest BCUT2D eigenvalue weighted by molar-refractivity contribution is 5.99. The molecule has 31 nitrogen and oxygen atoms in total. The van der Waals surface area contributed by atoms with Crippen LogP contribution in [0.2, 0.25) is 0 Å². The Labute approximate surface area is 470 Å². The molecule has 1 aliphatic rings. The molecule has 3 aromatic rings. The lowest BCUT2D eigenvalue weighted by atomic mass is 10.0. The van der Waals surface area contributed by atoms with Crippen LogP contribution in [0.15, 0.2) is 64.7 Å². The summed E-state index contributed by atoms with van der Waals surface area (Å²) in [4.78, 5) is 145. The number of aliphatic imine (C=N–C) groups is 2. The summed E-state index contributed by atoms with van der Waals surface area (Å²) in [5.74, 6) is -11.3. The number of carboxylic acids is 2. The number of nitrogens with one attached hydrogen (secondary N) is 10. The molecule has 82 heavy (non-hydrogen) atoms. The van der Waals surface area contributed by atoms with Crippen LogP contribution >= 0.6 is 0 Å². The average Bonchev–Trinajstić information content (AvgIpc) is 4.22. The molecule has 0 bridgehead atoms. The van der Waals surface area contributed by atoms with E-state index in [-0.39, 0.29) is 69.3 Å². The van der Waals surface area contributed by atoms with Crippen LogP contribution in [0, 0.1) is 0 Å². The second kappa shape index (κ2) is 32.8. The highest BCUT2D eigenvalue weighted by Gasteiger charge is 2.36. The molecule has 2 aromatic carbocycles. The molecule has 0 aliphatic carbocycles. The molecule has 1 fully saturated rings. The van der Waals surface area contributed by atoms with Gasteiger partial charge in [0, 0.05) is 49.5 Å². The minimum atomic E-state index is -1.85. The quantitative estimate of drug-likeness (QED) is 0.0151. The van der Waals surface area contributed by atoms with Crippen molar-refractivity contribution < 1.29 is 73.5 Å². The van der Waals surface area contributed by atoms with Gasteiger partial charge in [-0.25, -0.2) is 0 Å². The largest absolute Gasteiger partial charge is 0.508 e. The number of fused-ring (bicyclic) bond motifs is 1. The fourth-order valence-electron chi connectivity index (χ4n) is 8.47. The van der Waals surface area contributed by atoms with E-state index >= 15 is 0 Å². The molecule has 0 saturated carbocycles. The molecule has 448 valence electrons. The zero-order valence-electron chi connectivity index (χ0n) is 45.0. The van der Waals surface area contributed by atoms with E-state index in [1.165, 1.54) is 31.2 Å². The molecule has 1 saturated heterocycles. The number of guanidine groups is 2. The summed E-state index contributed by atoms with van der Waals surface area (Å²) in [7, 11) is 0. The zero-order valence-corrected chi connectivity index (χ0v) is 45.0. The second-order valence-electron chi connectivity index (χ2n) is 19.3. The van der Waals surface area contributed by atoms with Gasteiger partial charge in [-0.1, -0.05) is 30.3 Å². The smallest absolute Gasteiger partial charge is 0.325 e. The summed E-state index contributed by atoms with van der Waals surface area (Å²) in [6.45, 7) is -0.280. The van der Waals surface area contributed by atoms with Gasteiger partial charge in [-0.2, -0.15) is 0 Å². The molecule has 0 radical (unpaired) electrons. The lowest BCUT2D eigenvalue weighted by molar-refractivity contribution is -0.142. The molecule has 8 amide bonds. The van der Waals surface area contributed by atoms with Crippen LogP contribution in [-0.4, -0.2) is 189 Å². The van der Waals surface area contributed by atoms with Gasteiger partial charge in [0.1, 0.15) is 54.1 Å². The van der Waals surface area contributed by atoms with Crippen molar-refractivity contribution >= 4 is 82.0 Å². The zero-order chi connectivity index (χ0) is 60.5. The van der Waals surface area contributed by atoms with Crippen molar-refractivity contribution in [2.75, 3.05) is 32.8 Å². The molecule has 9 atom stereocenters. The predicted octanol–water partition coefficient (Wildman–Crippen LogP) is -5.65. The number of carbonyl (C=O) groups is 10. The van der Waals surface area contributed by atoms with Crippen LogP contribution in [0.3, 0.4) is 0 Å². The maximum absolute atomic E-state index is 14.7. The Morgan fingerprint density at radius 3 is 1.56 bits per heavy atom. The summed E-state index contributed by atoms with van der Waals surface area (Å²) in [5, 5.41) is 73.0. The standard InChI is InChI=1S/C51H74N16O15/c1-26(49(81)82)60-42(74)33(10-5-19-57-50(52)53)62-44(76)35(16-17-40(71)72)63-45(77)36(21-27-12-14-29(70)15-13-27)64-46(78)37(22-28-23-59-31-8-3-2-7-30(28)31)65-47(79)38(24-68)67-48(80)39(25-69)66-43(75)34(11-6-20-58-51(54)55)61-41(73)32-9-4-18-56-32/h2-3,7-8,12-15,23,26,32-39,56,59,68-70H,4-6,9-11,16-22,24-25H2,1H3,(H,60,74)(H,61,73)(H,62,76)(H,63,77)(H,64,78)(H,65,79)(H,66,75)(H,67,80)(H,71,72)(H,81,82)(H4,52,53,57)(H4,54,55,58)/t26-,32-,33-,34-,35-,36-,37-,38-,39-/m0/s1. The number of hydrogen-bond acceptors (Lipinski definition) is 16. The third-order valence-electron chi connectivity index (χ3n) is 12.9. The Hall–Kier alpha value is -9.10. The van der Waals surface area contributed by atoms with E-state index in [0.29, 0.717) is 35.0 Å². The van der Waals surface area contributed by atoms with E-state index in [4.69, 9.17) is 22.9 Å². The van der Waals surface area contributed by atoms with Gasteiger partial charge in [0.25, 0.3) is 0 Å². The number of nitrogens with zero attached hydrogens (tertiary/aromatic N) is 2. The number of aromatic hydroxyl groups is 1. The lowest BCUT2D eigenvalue weighted by Crippen LogP contribution is -2.61. The number of phenolic OH excluding ortho intramolecular Hbond substituents is 1. The number of hydrogen-bond donors (Lipinski definition) is 19. The van der Waals surface area contributed by atoms with Gasteiger partial charge in [-0.15, -0.1) is 0 Å². The number of aromatic amines is 1. The minimum absolute atomic E-state index is 0.00165. The lowest BCUT2D eigenvalue weighted by Gasteiger charge is -2.27. The first-order valence-electron chi connectivity index (χ1n) is 26.3.